The second-order valence-electron chi connectivity index (χ2n) is 4.03. The SMILES string of the molecule is CC(C#N)CN(C)c1cc([C@H](C)O)ccn1. The van der Waals surface area contributed by atoms with Crippen LogP contribution in [0, 0.1) is 17.2 Å². The first kappa shape index (κ1) is 12.5. The van der Waals surface area contributed by atoms with Gasteiger partial charge in [-0.3, -0.25) is 0 Å². The summed E-state index contributed by atoms with van der Waals surface area (Å²) in [7, 11) is 1.89. The van der Waals surface area contributed by atoms with Crippen molar-refractivity contribution in [1.29, 1.82) is 5.26 Å². The van der Waals surface area contributed by atoms with E-state index in [2.05, 4.69) is 11.1 Å². The Balaban J connectivity index is 2.80. The molecule has 0 radical (unpaired) electrons. The molecule has 0 aliphatic heterocycles. The maximum absolute atomic E-state index is 9.46. The van der Waals surface area contributed by atoms with Crippen LogP contribution in [-0.2, 0) is 0 Å². The standard InChI is InChI=1S/C12H17N3O/c1-9(7-13)8-15(3)12-6-11(10(2)16)4-5-14-12/h4-6,9-10,16H,8H2,1-3H3/t9?,10-/m0/s1. The van der Waals surface area contributed by atoms with E-state index in [0.29, 0.717) is 6.54 Å². The summed E-state index contributed by atoms with van der Waals surface area (Å²) >= 11 is 0. The minimum Gasteiger partial charge on any atom is -0.389 e. The van der Waals surface area contributed by atoms with Crippen LogP contribution < -0.4 is 4.90 Å². The van der Waals surface area contributed by atoms with E-state index >= 15 is 0 Å². The topological polar surface area (TPSA) is 60.2 Å². The molecule has 1 aromatic rings. The molecule has 1 rings (SSSR count). The Labute approximate surface area is 96.2 Å². The van der Waals surface area contributed by atoms with Crippen molar-refractivity contribution in [2.24, 2.45) is 5.92 Å². The molecule has 1 aromatic heterocycles. The Morgan fingerprint density at radius 3 is 2.81 bits per heavy atom. The fourth-order valence-corrected chi connectivity index (χ4v) is 1.45. The van der Waals surface area contributed by atoms with Gasteiger partial charge < -0.3 is 10.0 Å². The number of nitrogens with zero attached hydrogens (tertiary/aromatic N) is 3. The van der Waals surface area contributed by atoms with Crippen molar-refractivity contribution in [2.45, 2.75) is 20.0 Å². The summed E-state index contributed by atoms with van der Waals surface area (Å²) in [5, 5.41) is 18.2. The van der Waals surface area contributed by atoms with Crippen LogP contribution in [0.5, 0.6) is 0 Å². The zero-order valence-corrected chi connectivity index (χ0v) is 9.88. The van der Waals surface area contributed by atoms with Gasteiger partial charge in [0.2, 0.25) is 0 Å². The van der Waals surface area contributed by atoms with Gasteiger partial charge in [0.1, 0.15) is 5.82 Å². The predicted octanol–water partition coefficient (Wildman–Crippen LogP) is 1.73. The smallest absolute Gasteiger partial charge is 0.128 e. The van der Waals surface area contributed by atoms with Gasteiger partial charge in [0.15, 0.2) is 0 Å². The first-order valence-electron chi connectivity index (χ1n) is 5.29. The fourth-order valence-electron chi connectivity index (χ4n) is 1.45. The number of pyridine rings is 1. The Kier molecular flexibility index (Phi) is 4.27. The molecule has 0 fully saturated rings. The minimum absolute atomic E-state index is 0.0398. The van der Waals surface area contributed by atoms with Gasteiger partial charge in [-0.05, 0) is 31.5 Å². The molecule has 1 heterocycles. The molecule has 0 bridgehead atoms. The number of hydrogen-bond acceptors (Lipinski definition) is 4. The molecule has 4 nitrogen and oxygen atoms in total. The summed E-state index contributed by atoms with van der Waals surface area (Å²) in [6, 6.07) is 5.81. The monoisotopic (exact) mass is 219 g/mol. The molecular formula is C12H17N3O. The summed E-state index contributed by atoms with van der Waals surface area (Å²) in [6.07, 6.45) is 1.17. The lowest BCUT2D eigenvalue weighted by Crippen LogP contribution is -2.24. The summed E-state index contributed by atoms with van der Waals surface area (Å²) in [6.45, 7) is 4.22. The van der Waals surface area contributed by atoms with Crippen molar-refractivity contribution in [1.82, 2.24) is 4.98 Å². The lowest BCUT2D eigenvalue weighted by atomic mass is 10.1. The minimum atomic E-state index is -0.497. The van der Waals surface area contributed by atoms with Crippen molar-refractivity contribution in [3.63, 3.8) is 0 Å². The van der Waals surface area contributed by atoms with E-state index in [1.807, 2.05) is 24.9 Å². The number of anilines is 1. The van der Waals surface area contributed by atoms with Crippen molar-refractivity contribution in [3.05, 3.63) is 23.9 Å². The van der Waals surface area contributed by atoms with Crippen molar-refractivity contribution in [2.75, 3.05) is 18.5 Å². The number of aromatic nitrogens is 1. The van der Waals surface area contributed by atoms with Crippen LogP contribution in [0.2, 0.25) is 0 Å². The van der Waals surface area contributed by atoms with Crippen molar-refractivity contribution < 1.29 is 5.11 Å². The average Bonchev–Trinajstić information content (AvgIpc) is 2.28. The highest BCUT2D eigenvalue weighted by molar-refractivity contribution is 5.40. The Morgan fingerprint density at radius 1 is 1.56 bits per heavy atom. The Morgan fingerprint density at radius 2 is 2.25 bits per heavy atom. The van der Waals surface area contributed by atoms with Crippen molar-refractivity contribution in [3.8, 4) is 6.07 Å². The van der Waals surface area contributed by atoms with Gasteiger partial charge in [0.25, 0.3) is 0 Å². The zero-order chi connectivity index (χ0) is 12.1. The van der Waals surface area contributed by atoms with E-state index in [4.69, 9.17) is 5.26 Å². The second kappa shape index (κ2) is 5.47. The van der Waals surface area contributed by atoms with Gasteiger partial charge >= 0.3 is 0 Å². The Bertz CT molecular complexity index is 384. The van der Waals surface area contributed by atoms with Gasteiger partial charge in [0.05, 0.1) is 18.1 Å². The van der Waals surface area contributed by atoms with Crippen LogP contribution in [0.25, 0.3) is 0 Å². The second-order valence-corrected chi connectivity index (χ2v) is 4.03. The van der Waals surface area contributed by atoms with Gasteiger partial charge in [-0.2, -0.15) is 5.26 Å². The number of aliphatic hydroxyl groups is 1. The van der Waals surface area contributed by atoms with Gasteiger partial charge in [0, 0.05) is 19.8 Å². The molecule has 2 atom stereocenters. The third-order valence-corrected chi connectivity index (χ3v) is 2.41. The highest BCUT2D eigenvalue weighted by Crippen LogP contribution is 2.17. The molecule has 0 spiro atoms. The first-order valence-corrected chi connectivity index (χ1v) is 5.29. The molecule has 0 saturated heterocycles. The summed E-state index contributed by atoms with van der Waals surface area (Å²) < 4.78 is 0. The van der Waals surface area contributed by atoms with Crippen LogP contribution in [0.4, 0.5) is 5.82 Å². The maximum Gasteiger partial charge on any atom is 0.128 e. The average molecular weight is 219 g/mol. The number of rotatable bonds is 4. The van der Waals surface area contributed by atoms with E-state index in [-0.39, 0.29) is 5.92 Å². The summed E-state index contributed by atoms with van der Waals surface area (Å²) in [5.74, 6) is 0.738. The lowest BCUT2D eigenvalue weighted by molar-refractivity contribution is 0.199. The lowest BCUT2D eigenvalue weighted by Gasteiger charge is -2.20. The van der Waals surface area contributed by atoms with Gasteiger partial charge in [-0.15, -0.1) is 0 Å². The van der Waals surface area contributed by atoms with Crippen molar-refractivity contribution >= 4 is 5.82 Å². The quantitative estimate of drug-likeness (QED) is 0.837. The molecule has 0 amide bonds. The highest BCUT2D eigenvalue weighted by atomic mass is 16.3. The maximum atomic E-state index is 9.46. The van der Waals surface area contributed by atoms with Crippen LogP contribution in [-0.4, -0.2) is 23.7 Å². The molecule has 0 aromatic carbocycles. The highest BCUT2D eigenvalue weighted by Gasteiger charge is 2.09. The van der Waals surface area contributed by atoms with Crippen LogP contribution in [0.1, 0.15) is 25.5 Å². The largest absolute Gasteiger partial charge is 0.389 e. The van der Waals surface area contributed by atoms with E-state index in [9.17, 15) is 5.11 Å². The van der Waals surface area contributed by atoms with Gasteiger partial charge in [-0.25, -0.2) is 4.98 Å². The van der Waals surface area contributed by atoms with Crippen LogP contribution in [0.15, 0.2) is 18.3 Å². The molecule has 16 heavy (non-hydrogen) atoms. The molecule has 4 heteroatoms. The molecular weight excluding hydrogens is 202 g/mol. The molecule has 0 saturated carbocycles. The molecule has 0 aliphatic carbocycles. The third-order valence-electron chi connectivity index (χ3n) is 2.41. The molecule has 1 N–H and O–H groups in total. The fraction of sp³-hybridized carbons (Fsp3) is 0.500. The van der Waals surface area contributed by atoms with Gasteiger partial charge in [-0.1, -0.05) is 0 Å². The van der Waals surface area contributed by atoms with E-state index in [0.717, 1.165) is 11.4 Å². The van der Waals surface area contributed by atoms with E-state index < -0.39 is 6.10 Å². The normalized spacial score (nSPS) is 13.9. The predicted molar refractivity (Wildman–Crippen MR) is 62.9 cm³/mol. The first-order chi connectivity index (χ1) is 7.54. The molecule has 0 aliphatic rings. The molecule has 1 unspecified atom stereocenters. The molecule has 86 valence electrons. The number of hydrogen-bond donors (Lipinski definition) is 1. The van der Waals surface area contributed by atoms with E-state index in [1.165, 1.54) is 0 Å². The summed E-state index contributed by atoms with van der Waals surface area (Å²) in [5.41, 5.74) is 0.835. The number of aliphatic hydroxyl groups excluding tert-OH is 1. The van der Waals surface area contributed by atoms with Crippen LogP contribution in [0.3, 0.4) is 0 Å². The van der Waals surface area contributed by atoms with E-state index in [1.54, 1.807) is 19.2 Å². The third kappa shape index (κ3) is 3.21. The Hall–Kier alpha value is -1.60. The number of nitriles is 1. The van der Waals surface area contributed by atoms with Crippen LogP contribution >= 0.6 is 0 Å². The summed E-state index contributed by atoms with van der Waals surface area (Å²) in [4.78, 5) is 6.13. The zero-order valence-electron chi connectivity index (χ0n) is 9.88.